The van der Waals surface area contributed by atoms with E-state index in [0.717, 1.165) is 19.5 Å². The first-order valence-corrected chi connectivity index (χ1v) is 10.2. The number of piperazine rings is 1. The molecule has 142 valence electrons. The van der Waals surface area contributed by atoms with Crippen LogP contribution in [0.2, 0.25) is 0 Å². The number of carbonyl (C=O) groups excluding carboxylic acids is 1. The number of nitrogens with zero attached hydrogens (tertiary/aromatic N) is 2. The van der Waals surface area contributed by atoms with Crippen LogP contribution in [0, 0.1) is 0 Å². The predicted molar refractivity (Wildman–Crippen MR) is 99.9 cm³/mol. The molecule has 24 heavy (non-hydrogen) atoms. The Bertz CT molecular complexity index is 552. The Morgan fingerprint density at radius 1 is 1.17 bits per heavy atom. The molecule has 3 aliphatic rings. The van der Waals surface area contributed by atoms with Crippen molar-refractivity contribution in [3.63, 3.8) is 0 Å². The van der Waals surface area contributed by atoms with Crippen molar-refractivity contribution < 1.29 is 13.2 Å². The zero-order valence-electron chi connectivity index (χ0n) is 14.4. The molecule has 0 radical (unpaired) electrons. The number of fused-ring (bicyclic) bond motifs is 1. The fraction of sp³-hybridized carbons (Fsp3) is 0.933. The Morgan fingerprint density at radius 3 is 2.38 bits per heavy atom. The topological polar surface area (TPSA) is 69.7 Å². The van der Waals surface area contributed by atoms with Crippen LogP contribution in [-0.4, -0.2) is 79.9 Å². The lowest BCUT2D eigenvalue weighted by molar-refractivity contribution is -0.140. The predicted octanol–water partition coefficient (Wildman–Crippen LogP) is 0.692. The van der Waals surface area contributed by atoms with E-state index in [0.29, 0.717) is 38.5 Å². The molecule has 0 aromatic rings. The van der Waals surface area contributed by atoms with E-state index in [1.165, 1.54) is 12.7 Å². The molecule has 2 unspecified atom stereocenters. The van der Waals surface area contributed by atoms with Crippen LogP contribution in [0.1, 0.15) is 32.6 Å². The van der Waals surface area contributed by atoms with Crippen LogP contribution >= 0.6 is 24.8 Å². The Hall–Kier alpha value is -0.0800. The third kappa shape index (κ3) is 3.70. The van der Waals surface area contributed by atoms with Crippen molar-refractivity contribution in [3.05, 3.63) is 0 Å². The molecule has 0 aliphatic carbocycles. The van der Waals surface area contributed by atoms with Gasteiger partial charge in [0.25, 0.3) is 0 Å². The van der Waals surface area contributed by atoms with Crippen molar-refractivity contribution in [2.45, 2.75) is 49.4 Å². The van der Waals surface area contributed by atoms with Gasteiger partial charge in [0.1, 0.15) is 0 Å². The summed E-state index contributed by atoms with van der Waals surface area (Å²) in [5.41, 5.74) is 0. The standard InChI is InChI=1S/C15H27N3O3S.2ClH/c1-12-10-17-9-3-4-13(17)11-18(12)14(19)15(22(2,20)21)5-7-16-8-6-15;;/h12-13,16H,3-11H2,1-2H3;2*1H. The first-order chi connectivity index (χ1) is 10.3. The second-order valence-electron chi connectivity index (χ2n) is 7.11. The normalized spacial score (nSPS) is 30.0. The van der Waals surface area contributed by atoms with Crippen LogP contribution in [0.4, 0.5) is 0 Å². The minimum Gasteiger partial charge on any atom is -0.336 e. The third-order valence-electron chi connectivity index (χ3n) is 5.71. The van der Waals surface area contributed by atoms with Gasteiger partial charge in [0.2, 0.25) is 5.91 Å². The van der Waals surface area contributed by atoms with Gasteiger partial charge in [-0.15, -0.1) is 24.8 Å². The molecule has 0 aromatic heterocycles. The molecule has 0 aromatic carbocycles. The minimum atomic E-state index is -3.43. The molecule has 3 heterocycles. The Labute approximate surface area is 157 Å². The SMILES string of the molecule is CC1CN2CCCC2CN1C(=O)C1(S(C)(=O)=O)CCNCC1.Cl.Cl. The second-order valence-corrected chi connectivity index (χ2v) is 9.44. The summed E-state index contributed by atoms with van der Waals surface area (Å²) in [6.07, 6.45) is 4.31. The maximum Gasteiger partial charge on any atom is 0.244 e. The highest BCUT2D eigenvalue weighted by Gasteiger charge is 2.52. The smallest absolute Gasteiger partial charge is 0.244 e. The highest BCUT2D eigenvalue weighted by atomic mass is 35.5. The molecular weight excluding hydrogens is 373 g/mol. The van der Waals surface area contributed by atoms with E-state index in [4.69, 9.17) is 0 Å². The van der Waals surface area contributed by atoms with Crippen molar-refractivity contribution in [1.29, 1.82) is 0 Å². The maximum atomic E-state index is 13.2. The highest BCUT2D eigenvalue weighted by Crippen LogP contribution is 2.33. The van der Waals surface area contributed by atoms with Crippen LogP contribution in [-0.2, 0) is 14.6 Å². The second kappa shape index (κ2) is 8.08. The molecule has 1 amide bonds. The first kappa shape index (κ1) is 22.0. The molecule has 1 N–H and O–H groups in total. The van der Waals surface area contributed by atoms with Gasteiger partial charge in [-0.1, -0.05) is 0 Å². The van der Waals surface area contributed by atoms with Crippen molar-refractivity contribution in [1.82, 2.24) is 15.1 Å². The number of hydrogen-bond acceptors (Lipinski definition) is 5. The summed E-state index contributed by atoms with van der Waals surface area (Å²) >= 11 is 0. The lowest BCUT2D eigenvalue weighted by Crippen LogP contribution is -2.64. The summed E-state index contributed by atoms with van der Waals surface area (Å²) < 4.78 is 23.7. The summed E-state index contributed by atoms with van der Waals surface area (Å²) in [5.74, 6) is -0.157. The van der Waals surface area contributed by atoms with E-state index >= 15 is 0 Å². The zero-order chi connectivity index (χ0) is 16.0. The van der Waals surface area contributed by atoms with Crippen molar-refractivity contribution in [3.8, 4) is 0 Å². The van der Waals surface area contributed by atoms with E-state index in [2.05, 4.69) is 10.2 Å². The fourth-order valence-electron chi connectivity index (χ4n) is 4.31. The molecule has 3 fully saturated rings. The maximum absolute atomic E-state index is 13.2. The Balaban J connectivity index is 0.00000144. The van der Waals surface area contributed by atoms with Gasteiger partial charge in [0.15, 0.2) is 14.6 Å². The van der Waals surface area contributed by atoms with Gasteiger partial charge in [0.05, 0.1) is 0 Å². The quantitative estimate of drug-likeness (QED) is 0.736. The molecule has 0 bridgehead atoms. The van der Waals surface area contributed by atoms with Crippen LogP contribution in [0.15, 0.2) is 0 Å². The van der Waals surface area contributed by atoms with Gasteiger partial charge in [-0.25, -0.2) is 8.42 Å². The average molecular weight is 402 g/mol. The molecule has 9 heteroatoms. The van der Waals surface area contributed by atoms with Crippen LogP contribution in [0.25, 0.3) is 0 Å². The molecule has 0 spiro atoms. The van der Waals surface area contributed by atoms with Gasteiger partial charge in [-0.05, 0) is 52.2 Å². The summed E-state index contributed by atoms with van der Waals surface area (Å²) in [5, 5.41) is 3.17. The van der Waals surface area contributed by atoms with Crippen LogP contribution in [0.5, 0.6) is 0 Å². The fourth-order valence-corrected chi connectivity index (χ4v) is 5.69. The number of carbonyl (C=O) groups is 1. The number of hydrogen-bond donors (Lipinski definition) is 1. The summed E-state index contributed by atoms with van der Waals surface area (Å²) in [7, 11) is -3.43. The van der Waals surface area contributed by atoms with E-state index in [1.807, 2.05) is 11.8 Å². The van der Waals surface area contributed by atoms with E-state index in [1.54, 1.807) is 0 Å². The van der Waals surface area contributed by atoms with Crippen molar-refractivity contribution in [2.24, 2.45) is 0 Å². The molecule has 3 saturated heterocycles. The third-order valence-corrected chi connectivity index (χ3v) is 7.71. The number of sulfone groups is 1. The Kier molecular flexibility index (Phi) is 7.39. The monoisotopic (exact) mass is 401 g/mol. The van der Waals surface area contributed by atoms with Crippen LogP contribution < -0.4 is 5.32 Å². The number of amides is 1. The first-order valence-electron chi connectivity index (χ1n) is 8.30. The minimum absolute atomic E-state index is 0. The van der Waals surface area contributed by atoms with Crippen molar-refractivity contribution >= 4 is 40.6 Å². The van der Waals surface area contributed by atoms with Gasteiger partial charge >= 0.3 is 0 Å². The molecule has 3 aliphatic heterocycles. The molecule has 6 nitrogen and oxygen atoms in total. The molecule has 2 atom stereocenters. The Morgan fingerprint density at radius 2 is 1.79 bits per heavy atom. The number of rotatable bonds is 2. The van der Waals surface area contributed by atoms with Gasteiger partial charge in [-0.2, -0.15) is 0 Å². The van der Waals surface area contributed by atoms with Gasteiger partial charge < -0.3 is 10.2 Å². The molecule has 0 saturated carbocycles. The lowest BCUT2D eigenvalue weighted by atomic mass is 9.93. The molecular formula is C15H29Cl2N3O3S. The number of nitrogens with one attached hydrogen (secondary N) is 1. The highest BCUT2D eigenvalue weighted by molar-refractivity contribution is 7.92. The van der Waals surface area contributed by atoms with E-state index < -0.39 is 14.6 Å². The number of halogens is 2. The summed E-state index contributed by atoms with van der Waals surface area (Å²) in [4.78, 5) is 17.5. The van der Waals surface area contributed by atoms with Gasteiger partial charge in [0, 0.05) is 31.4 Å². The van der Waals surface area contributed by atoms with E-state index in [-0.39, 0.29) is 36.8 Å². The summed E-state index contributed by atoms with van der Waals surface area (Å²) in [6.45, 7) is 5.90. The largest absolute Gasteiger partial charge is 0.336 e. The van der Waals surface area contributed by atoms with Crippen molar-refractivity contribution in [2.75, 3.05) is 39.0 Å². The average Bonchev–Trinajstić information content (AvgIpc) is 2.92. The van der Waals surface area contributed by atoms with E-state index in [9.17, 15) is 13.2 Å². The lowest BCUT2D eigenvalue weighted by Gasteiger charge is -2.46. The zero-order valence-corrected chi connectivity index (χ0v) is 16.8. The number of piperidine rings is 1. The van der Waals surface area contributed by atoms with Crippen LogP contribution in [0.3, 0.4) is 0 Å². The summed E-state index contributed by atoms with van der Waals surface area (Å²) in [6, 6.07) is 0.508. The van der Waals surface area contributed by atoms with Gasteiger partial charge in [-0.3, -0.25) is 9.69 Å². The molecule has 3 rings (SSSR count).